The summed E-state index contributed by atoms with van der Waals surface area (Å²) in [5, 5.41) is 0. The number of para-hydroxylation sites is 1. The summed E-state index contributed by atoms with van der Waals surface area (Å²) in [7, 11) is 1.78. The SMILES string of the molecule is CN(Cc1cccnc1)C(=O)c1cccc(Oc2ccccc2)c1. The summed E-state index contributed by atoms with van der Waals surface area (Å²) >= 11 is 0. The van der Waals surface area contributed by atoms with Crippen molar-refractivity contribution < 1.29 is 9.53 Å². The van der Waals surface area contributed by atoms with Crippen molar-refractivity contribution in [2.45, 2.75) is 6.54 Å². The van der Waals surface area contributed by atoms with Crippen molar-refractivity contribution >= 4 is 5.91 Å². The van der Waals surface area contributed by atoms with Crippen LogP contribution in [-0.4, -0.2) is 22.8 Å². The Bertz CT molecular complexity index is 804. The topological polar surface area (TPSA) is 42.4 Å². The van der Waals surface area contributed by atoms with Gasteiger partial charge in [-0.05, 0) is 42.0 Å². The third kappa shape index (κ3) is 3.98. The summed E-state index contributed by atoms with van der Waals surface area (Å²) in [5.41, 5.74) is 1.58. The smallest absolute Gasteiger partial charge is 0.254 e. The minimum Gasteiger partial charge on any atom is -0.457 e. The normalized spacial score (nSPS) is 10.2. The van der Waals surface area contributed by atoms with Gasteiger partial charge in [-0.2, -0.15) is 0 Å². The minimum absolute atomic E-state index is 0.0580. The molecule has 2 aromatic carbocycles. The van der Waals surface area contributed by atoms with Crippen molar-refractivity contribution in [1.82, 2.24) is 9.88 Å². The quantitative estimate of drug-likeness (QED) is 0.710. The molecule has 1 amide bonds. The van der Waals surface area contributed by atoms with E-state index in [2.05, 4.69) is 4.98 Å². The Labute approximate surface area is 141 Å². The lowest BCUT2D eigenvalue weighted by atomic mass is 10.1. The first kappa shape index (κ1) is 15.7. The van der Waals surface area contributed by atoms with Crippen LogP contribution >= 0.6 is 0 Å². The largest absolute Gasteiger partial charge is 0.457 e. The highest BCUT2D eigenvalue weighted by atomic mass is 16.5. The van der Waals surface area contributed by atoms with Gasteiger partial charge in [0.2, 0.25) is 0 Å². The molecule has 0 bridgehead atoms. The number of benzene rings is 2. The van der Waals surface area contributed by atoms with Gasteiger partial charge in [-0.3, -0.25) is 9.78 Å². The maximum atomic E-state index is 12.6. The minimum atomic E-state index is -0.0580. The van der Waals surface area contributed by atoms with Crippen molar-refractivity contribution in [2.24, 2.45) is 0 Å². The molecule has 24 heavy (non-hydrogen) atoms. The van der Waals surface area contributed by atoms with E-state index in [1.54, 1.807) is 36.5 Å². The first-order valence-electron chi connectivity index (χ1n) is 7.70. The van der Waals surface area contributed by atoms with Gasteiger partial charge in [-0.1, -0.05) is 30.3 Å². The molecule has 1 heterocycles. The lowest BCUT2D eigenvalue weighted by Gasteiger charge is -2.17. The molecule has 0 unspecified atom stereocenters. The van der Waals surface area contributed by atoms with Crippen LogP contribution < -0.4 is 4.74 Å². The number of carbonyl (C=O) groups excluding carboxylic acids is 1. The molecule has 0 aliphatic carbocycles. The van der Waals surface area contributed by atoms with Crippen LogP contribution in [0, 0.1) is 0 Å². The number of ether oxygens (including phenoxy) is 1. The molecule has 0 saturated heterocycles. The first-order valence-corrected chi connectivity index (χ1v) is 7.70. The molecule has 120 valence electrons. The van der Waals surface area contributed by atoms with E-state index in [-0.39, 0.29) is 5.91 Å². The fourth-order valence-electron chi connectivity index (χ4n) is 2.37. The molecule has 1 aromatic heterocycles. The Morgan fingerprint density at radius 2 is 1.79 bits per heavy atom. The monoisotopic (exact) mass is 318 g/mol. The van der Waals surface area contributed by atoms with Crippen LogP contribution in [0.2, 0.25) is 0 Å². The second-order valence-corrected chi connectivity index (χ2v) is 5.47. The number of pyridine rings is 1. The van der Waals surface area contributed by atoms with Gasteiger partial charge in [0.25, 0.3) is 5.91 Å². The van der Waals surface area contributed by atoms with Gasteiger partial charge < -0.3 is 9.64 Å². The summed E-state index contributed by atoms with van der Waals surface area (Å²) in [6, 6.07) is 20.5. The van der Waals surface area contributed by atoms with Crippen molar-refractivity contribution in [3.63, 3.8) is 0 Å². The average Bonchev–Trinajstić information content (AvgIpc) is 2.63. The van der Waals surface area contributed by atoms with Crippen molar-refractivity contribution in [1.29, 1.82) is 0 Å². The van der Waals surface area contributed by atoms with Gasteiger partial charge in [0.1, 0.15) is 11.5 Å². The number of rotatable bonds is 5. The maximum Gasteiger partial charge on any atom is 0.254 e. The van der Waals surface area contributed by atoms with Gasteiger partial charge in [-0.15, -0.1) is 0 Å². The standard InChI is InChI=1S/C20H18N2O2/c1-22(15-16-7-6-12-21-14-16)20(23)17-8-5-11-19(13-17)24-18-9-3-2-4-10-18/h2-14H,15H2,1H3. The number of carbonyl (C=O) groups is 1. The zero-order valence-electron chi connectivity index (χ0n) is 13.4. The van der Waals surface area contributed by atoms with E-state index >= 15 is 0 Å². The van der Waals surface area contributed by atoms with Crippen molar-refractivity contribution in [2.75, 3.05) is 7.05 Å². The summed E-state index contributed by atoms with van der Waals surface area (Å²) in [6.45, 7) is 0.510. The highest BCUT2D eigenvalue weighted by Crippen LogP contribution is 2.22. The van der Waals surface area contributed by atoms with E-state index in [9.17, 15) is 4.79 Å². The molecule has 0 aliphatic rings. The zero-order chi connectivity index (χ0) is 16.8. The fraction of sp³-hybridized carbons (Fsp3) is 0.100. The Morgan fingerprint density at radius 1 is 1.00 bits per heavy atom. The molecule has 0 radical (unpaired) electrons. The number of amides is 1. The lowest BCUT2D eigenvalue weighted by Crippen LogP contribution is -2.26. The van der Waals surface area contributed by atoms with E-state index < -0.39 is 0 Å². The summed E-state index contributed by atoms with van der Waals surface area (Å²) in [4.78, 5) is 18.3. The Balaban J connectivity index is 1.72. The molecule has 0 fully saturated rings. The van der Waals surface area contributed by atoms with Gasteiger partial charge in [0.05, 0.1) is 0 Å². The lowest BCUT2D eigenvalue weighted by molar-refractivity contribution is 0.0784. The summed E-state index contributed by atoms with van der Waals surface area (Å²) in [6.07, 6.45) is 3.48. The molecular weight excluding hydrogens is 300 g/mol. The molecule has 4 heteroatoms. The number of hydrogen-bond donors (Lipinski definition) is 0. The van der Waals surface area contributed by atoms with E-state index in [0.29, 0.717) is 17.9 Å². The van der Waals surface area contributed by atoms with Gasteiger partial charge in [0.15, 0.2) is 0 Å². The Kier molecular flexibility index (Phi) is 4.87. The average molecular weight is 318 g/mol. The van der Waals surface area contributed by atoms with Crippen LogP contribution in [0.15, 0.2) is 79.1 Å². The predicted octanol–water partition coefficient (Wildman–Crippen LogP) is 4.15. The molecule has 0 aliphatic heterocycles. The number of hydrogen-bond acceptors (Lipinski definition) is 3. The van der Waals surface area contributed by atoms with Crippen LogP contribution in [0.1, 0.15) is 15.9 Å². The predicted molar refractivity (Wildman–Crippen MR) is 93.0 cm³/mol. The summed E-state index contributed by atoms with van der Waals surface area (Å²) < 4.78 is 5.79. The number of aromatic nitrogens is 1. The number of nitrogens with zero attached hydrogens (tertiary/aromatic N) is 2. The van der Waals surface area contributed by atoms with E-state index in [4.69, 9.17) is 4.74 Å². The Morgan fingerprint density at radius 3 is 2.54 bits per heavy atom. The third-order valence-corrected chi connectivity index (χ3v) is 3.55. The van der Waals surface area contributed by atoms with Gasteiger partial charge >= 0.3 is 0 Å². The van der Waals surface area contributed by atoms with Crippen LogP contribution in [0.25, 0.3) is 0 Å². The van der Waals surface area contributed by atoms with Crippen molar-refractivity contribution in [3.8, 4) is 11.5 Å². The molecule has 3 rings (SSSR count). The Hall–Kier alpha value is -3.14. The molecule has 0 N–H and O–H groups in total. The molecular formula is C20H18N2O2. The van der Waals surface area contributed by atoms with Crippen LogP contribution in [0.3, 0.4) is 0 Å². The molecule has 4 nitrogen and oxygen atoms in total. The summed E-state index contributed by atoms with van der Waals surface area (Å²) in [5.74, 6) is 1.32. The van der Waals surface area contributed by atoms with E-state index in [1.165, 1.54) is 0 Å². The zero-order valence-corrected chi connectivity index (χ0v) is 13.4. The highest BCUT2D eigenvalue weighted by Gasteiger charge is 2.13. The molecule has 0 saturated carbocycles. The van der Waals surface area contributed by atoms with Gasteiger partial charge in [-0.25, -0.2) is 0 Å². The van der Waals surface area contributed by atoms with E-state index in [0.717, 1.165) is 11.3 Å². The second kappa shape index (κ2) is 7.42. The fourth-order valence-corrected chi connectivity index (χ4v) is 2.37. The van der Waals surface area contributed by atoms with E-state index in [1.807, 2.05) is 54.6 Å². The molecule has 0 spiro atoms. The van der Waals surface area contributed by atoms with Crippen LogP contribution in [0.5, 0.6) is 11.5 Å². The molecule has 0 atom stereocenters. The van der Waals surface area contributed by atoms with Gasteiger partial charge in [0, 0.05) is 31.5 Å². The first-order chi connectivity index (χ1) is 11.7. The third-order valence-electron chi connectivity index (χ3n) is 3.55. The van der Waals surface area contributed by atoms with Crippen LogP contribution in [0.4, 0.5) is 0 Å². The molecule has 3 aromatic rings. The van der Waals surface area contributed by atoms with Crippen LogP contribution in [-0.2, 0) is 6.54 Å². The second-order valence-electron chi connectivity index (χ2n) is 5.47. The maximum absolute atomic E-state index is 12.6. The highest BCUT2D eigenvalue weighted by molar-refractivity contribution is 5.94. The van der Waals surface area contributed by atoms with Crippen molar-refractivity contribution in [3.05, 3.63) is 90.3 Å².